The molecule has 4 nitrogen and oxygen atoms in total. The molecule has 2 heterocycles. The van der Waals surface area contributed by atoms with Crippen LogP contribution in [0.3, 0.4) is 0 Å². The smallest absolute Gasteiger partial charge is 0.336 e. The number of hydrogen-bond acceptors (Lipinski definition) is 4. The Labute approximate surface area is 98.8 Å². The van der Waals surface area contributed by atoms with E-state index in [1.54, 1.807) is 6.07 Å². The van der Waals surface area contributed by atoms with Crippen LogP contribution >= 0.6 is 0 Å². The minimum atomic E-state index is -0.296. The highest BCUT2D eigenvalue weighted by molar-refractivity contribution is 5.80. The van der Waals surface area contributed by atoms with Gasteiger partial charge in [0.15, 0.2) is 0 Å². The van der Waals surface area contributed by atoms with Crippen molar-refractivity contribution in [1.82, 2.24) is 5.32 Å². The summed E-state index contributed by atoms with van der Waals surface area (Å²) < 4.78 is 5.20. The van der Waals surface area contributed by atoms with Crippen LogP contribution in [0.5, 0.6) is 0 Å². The van der Waals surface area contributed by atoms with Gasteiger partial charge in [0.2, 0.25) is 0 Å². The Morgan fingerprint density at radius 1 is 1.12 bits per heavy atom. The molecular formula is C13H14N2O2. The fourth-order valence-electron chi connectivity index (χ4n) is 2.17. The molecule has 0 bridgehead atoms. The van der Waals surface area contributed by atoms with E-state index in [1.807, 2.05) is 12.1 Å². The van der Waals surface area contributed by atoms with Gasteiger partial charge in [-0.15, -0.1) is 0 Å². The maximum Gasteiger partial charge on any atom is 0.336 e. The summed E-state index contributed by atoms with van der Waals surface area (Å²) in [5.41, 5.74) is 1.48. The van der Waals surface area contributed by atoms with Crippen molar-refractivity contribution >= 4 is 16.7 Å². The van der Waals surface area contributed by atoms with Gasteiger partial charge in [0.25, 0.3) is 0 Å². The number of nitrogens with zero attached hydrogens (tertiary/aromatic N) is 1. The highest BCUT2D eigenvalue weighted by Crippen LogP contribution is 2.21. The van der Waals surface area contributed by atoms with Gasteiger partial charge in [-0.3, -0.25) is 0 Å². The van der Waals surface area contributed by atoms with Crippen LogP contribution in [0.4, 0.5) is 5.69 Å². The van der Waals surface area contributed by atoms with Crippen molar-refractivity contribution < 1.29 is 4.42 Å². The van der Waals surface area contributed by atoms with Crippen LogP contribution in [-0.4, -0.2) is 26.2 Å². The maximum atomic E-state index is 11.2. The molecule has 3 rings (SSSR count). The van der Waals surface area contributed by atoms with Gasteiger partial charge in [0.05, 0.1) is 0 Å². The quantitative estimate of drug-likeness (QED) is 0.748. The highest BCUT2D eigenvalue weighted by Gasteiger charge is 2.11. The van der Waals surface area contributed by atoms with Crippen LogP contribution in [0, 0.1) is 0 Å². The Bertz CT molecular complexity index is 585. The number of anilines is 1. The van der Waals surface area contributed by atoms with E-state index < -0.39 is 0 Å². The van der Waals surface area contributed by atoms with Crippen molar-refractivity contribution in [3.63, 3.8) is 0 Å². The second kappa shape index (κ2) is 4.22. The van der Waals surface area contributed by atoms with Crippen molar-refractivity contribution in [2.75, 3.05) is 31.1 Å². The van der Waals surface area contributed by atoms with Crippen molar-refractivity contribution in [3.8, 4) is 0 Å². The minimum absolute atomic E-state index is 0.296. The first-order chi connectivity index (χ1) is 8.33. The molecule has 17 heavy (non-hydrogen) atoms. The number of fused-ring (bicyclic) bond motifs is 1. The zero-order valence-corrected chi connectivity index (χ0v) is 9.48. The molecule has 0 atom stereocenters. The van der Waals surface area contributed by atoms with E-state index in [-0.39, 0.29) is 5.63 Å². The monoisotopic (exact) mass is 230 g/mol. The van der Waals surface area contributed by atoms with Gasteiger partial charge >= 0.3 is 5.63 Å². The lowest BCUT2D eigenvalue weighted by Gasteiger charge is -2.29. The lowest BCUT2D eigenvalue weighted by molar-refractivity contribution is 0.559. The van der Waals surface area contributed by atoms with Crippen LogP contribution in [-0.2, 0) is 0 Å². The van der Waals surface area contributed by atoms with Gasteiger partial charge in [0.1, 0.15) is 5.58 Å². The standard InChI is InChI=1S/C13H14N2O2/c16-13-4-2-10-1-3-11(9-12(10)17-13)15-7-5-14-6-8-15/h1-4,9,14H,5-8H2. The molecule has 0 amide bonds. The molecule has 88 valence electrons. The van der Waals surface area contributed by atoms with Crippen molar-refractivity contribution in [2.24, 2.45) is 0 Å². The molecule has 1 aromatic heterocycles. The SMILES string of the molecule is O=c1ccc2ccc(N3CCNCC3)cc2o1. The zero-order chi connectivity index (χ0) is 11.7. The normalized spacial score (nSPS) is 16.4. The highest BCUT2D eigenvalue weighted by atomic mass is 16.4. The van der Waals surface area contributed by atoms with Crippen LogP contribution in [0.15, 0.2) is 39.5 Å². The molecule has 1 aromatic carbocycles. The van der Waals surface area contributed by atoms with E-state index >= 15 is 0 Å². The van der Waals surface area contributed by atoms with Crippen molar-refractivity contribution in [2.45, 2.75) is 0 Å². The predicted octanol–water partition coefficient (Wildman–Crippen LogP) is 1.20. The van der Waals surface area contributed by atoms with Crippen LogP contribution < -0.4 is 15.8 Å². The van der Waals surface area contributed by atoms with Crippen LogP contribution in [0.2, 0.25) is 0 Å². The zero-order valence-electron chi connectivity index (χ0n) is 9.48. The maximum absolute atomic E-state index is 11.2. The summed E-state index contributed by atoms with van der Waals surface area (Å²) in [6.45, 7) is 3.97. The summed E-state index contributed by atoms with van der Waals surface area (Å²) in [5, 5.41) is 4.28. The third-order valence-corrected chi connectivity index (χ3v) is 3.09. The Morgan fingerprint density at radius 2 is 1.88 bits per heavy atom. The second-order valence-electron chi connectivity index (χ2n) is 4.21. The summed E-state index contributed by atoms with van der Waals surface area (Å²) in [6.07, 6.45) is 0. The van der Waals surface area contributed by atoms with E-state index in [1.165, 1.54) is 6.07 Å². The van der Waals surface area contributed by atoms with Gasteiger partial charge in [-0.2, -0.15) is 0 Å². The first kappa shape index (κ1) is 10.4. The average Bonchev–Trinajstić information content (AvgIpc) is 2.39. The molecule has 1 N–H and O–H groups in total. The predicted molar refractivity (Wildman–Crippen MR) is 67.6 cm³/mol. The Morgan fingerprint density at radius 3 is 2.71 bits per heavy atom. The molecule has 2 aromatic rings. The molecule has 4 heteroatoms. The topological polar surface area (TPSA) is 45.5 Å². The largest absolute Gasteiger partial charge is 0.423 e. The molecule has 0 unspecified atom stereocenters. The van der Waals surface area contributed by atoms with Gasteiger partial charge in [-0.1, -0.05) is 0 Å². The average molecular weight is 230 g/mol. The molecule has 0 aliphatic carbocycles. The summed E-state index contributed by atoms with van der Waals surface area (Å²) in [5.74, 6) is 0. The lowest BCUT2D eigenvalue weighted by Crippen LogP contribution is -2.43. The van der Waals surface area contributed by atoms with Gasteiger partial charge in [0, 0.05) is 49.4 Å². The van der Waals surface area contributed by atoms with E-state index in [0.29, 0.717) is 5.58 Å². The molecule has 1 fully saturated rings. The lowest BCUT2D eigenvalue weighted by atomic mass is 10.2. The molecule has 0 spiro atoms. The van der Waals surface area contributed by atoms with Gasteiger partial charge in [-0.25, -0.2) is 4.79 Å². The van der Waals surface area contributed by atoms with Gasteiger partial charge in [-0.05, 0) is 18.2 Å². The van der Waals surface area contributed by atoms with Crippen molar-refractivity contribution in [1.29, 1.82) is 0 Å². The summed E-state index contributed by atoms with van der Waals surface area (Å²) in [7, 11) is 0. The number of hydrogen-bond donors (Lipinski definition) is 1. The van der Waals surface area contributed by atoms with E-state index in [0.717, 1.165) is 37.3 Å². The summed E-state index contributed by atoms with van der Waals surface area (Å²) in [4.78, 5) is 13.5. The molecule has 0 radical (unpaired) electrons. The molecule has 1 saturated heterocycles. The van der Waals surface area contributed by atoms with E-state index in [2.05, 4.69) is 16.3 Å². The molecule has 1 aliphatic rings. The number of piperazine rings is 1. The Hall–Kier alpha value is -1.81. The Kier molecular flexibility index (Phi) is 2.57. The number of rotatable bonds is 1. The molecule has 0 saturated carbocycles. The summed E-state index contributed by atoms with van der Waals surface area (Å²) in [6, 6.07) is 9.26. The van der Waals surface area contributed by atoms with Crippen LogP contribution in [0.25, 0.3) is 11.0 Å². The second-order valence-corrected chi connectivity index (χ2v) is 4.21. The molecule has 1 aliphatic heterocycles. The number of nitrogens with one attached hydrogen (secondary N) is 1. The van der Waals surface area contributed by atoms with E-state index in [4.69, 9.17) is 4.42 Å². The van der Waals surface area contributed by atoms with Crippen molar-refractivity contribution in [3.05, 3.63) is 40.8 Å². The minimum Gasteiger partial charge on any atom is -0.423 e. The Balaban J connectivity index is 2.02. The first-order valence-corrected chi connectivity index (χ1v) is 5.82. The van der Waals surface area contributed by atoms with Crippen LogP contribution in [0.1, 0.15) is 0 Å². The third-order valence-electron chi connectivity index (χ3n) is 3.09. The summed E-state index contributed by atoms with van der Waals surface area (Å²) >= 11 is 0. The first-order valence-electron chi connectivity index (χ1n) is 5.82. The fourth-order valence-corrected chi connectivity index (χ4v) is 2.17. The third kappa shape index (κ3) is 2.03. The van der Waals surface area contributed by atoms with E-state index in [9.17, 15) is 4.79 Å². The number of benzene rings is 1. The molecular weight excluding hydrogens is 216 g/mol. The van der Waals surface area contributed by atoms with Gasteiger partial charge < -0.3 is 14.6 Å². The fraction of sp³-hybridized carbons (Fsp3) is 0.308.